The zero-order valence-corrected chi connectivity index (χ0v) is 40.5. The molecule has 0 spiro atoms. The summed E-state index contributed by atoms with van der Waals surface area (Å²) in [6, 6.07) is 20.4. The van der Waals surface area contributed by atoms with E-state index in [1.807, 2.05) is 14.0 Å². The second-order valence-electron chi connectivity index (χ2n) is 19.6. The molecule has 0 saturated carbocycles. The molecule has 0 radical (unpaired) electrons. The molecular weight excluding hydrogens is 959 g/mol. The van der Waals surface area contributed by atoms with Crippen LogP contribution in [-0.4, -0.2) is 114 Å². The Bertz CT molecular complexity index is 2600. The third-order valence-corrected chi connectivity index (χ3v) is 14.0. The minimum atomic E-state index is -4.62. The minimum absolute atomic E-state index is 0.0272. The number of likely N-dealkylation sites (N-methyl/N-ethyl adjacent to an activating group) is 1. The summed E-state index contributed by atoms with van der Waals surface area (Å²) in [5.41, 5.74) is 25.7. The summed E-state index contributed by atoms with van der Waals surface area (Å²) in [6.07, 6.45) is -7.93. The van der Waals surface area contributed by atoms with Crippen molar-refractivity contribution in [1.29, 1.82) is 0 Å². The van der Waals surface area contributed by atoms with Crippen LogP contribution in [0.3, 0.4) is 0 Å². The zero-order valence-electron chi connectivity index (χ0n) is 40.5. The highest BCUT2D eigenvalue weighted by Crippen LogP contribution is 2.38. The molecule has 3 aliphatic heterocycles. The number of alkyl halides is 6. The maximum absolute atomic E-state index is 14.8. The van der Waals surface area contributed by atoms with E-state index in [2.05, 4.69) is 10.6 Å². The van der Waals surface area contributed by atoms with Gasteiger partial charge in [-0.25, -0.2) is 4.79 Å². The van der Waals surface area contributed by atoms with Crippen LogP contribution >= 0.6 is 0 Å². The number of carboxylic acids is 1. The first-order valence-electron chi connectivity index (χ1n) is 23.8. The number of hydrogen-bond donors (Lipinski definition) is 7. The van der Waals surface area contributed by atoms with Gasteiger partial charge < -0.3 is 57.9 Å². The smallest absolute Gasteiger partial charge is 0.416 e. The number of carboxylic acid groups (broad SMARTS) is 1. The first-order chi connectivity index (χ1) is 34.3. The van der Waals surface area contributed by atoms with E-state index in [9.17, 15) is 50.6 Å². The van der Waals surface area contributed by atoms with E-state index in [-0.39, 0.29) is 91.6 Å². The molecule has 11 N–H and O–H groups in total. The first-order valence-corrected chi connectivity index (χ1v) is 23.8. The van der Waals surface area contributed by atoms with Gasteiger partial charge in [0.05, 0.1) is 73.0 Å². The van der Waals surface area contributed by atoms with Gasteiger partial charge in [0.1, 0.15) is 0 Å². The number of quaternary nitrogens is 1. The molecule has 0 unspecified atom stereocenters. The molecule has 4 aromatic carbocycles. The Morgan fingerprint density at radius 1 is 0.699 bits per heavy atom. The lowest BCUT2D eigenvalue weighted by Gasteiger charge is -2.45. The summed E-state index contributed by atoms with van der Waals surface area (Å²) in [5, 5.41) is 15.6. The van der Waals surface area contributed by atoms with Crippen LogP contribution in [0.5, 0.6) is 0 Å². The molecule has 3 amide bonds. The van der Waals surface area contributed by atoms with E-state index in [0.717, 1.165) is 24.3 Å². The van der Waals surface area contributed by atoms with E-state index >= 15 is 0 Å². The van der Waals surface area contributed by atoms with Crippen molar-refractivity contribution in [2.45, 2.75) is 57.0 Å². The Hall–Kier alpha value is -7.10. The number of rotatable bonds is 19. The fourth-order valence-electron chi connectivity index (χ4n) is 9.72. The number of nitrogens with two attached hydrogens (primary N) is 4. The number of hydrogen-bond acceptors (Lipinski definition) is 10. The zero-order chi connectivity index (χ0) is 53.0. The highest BCUT2D eigenvalue weighted by molar-refractivity contribution is 6.00. The summed E-state index contributed by atoms with van der Waals surface area (Å²) in [7, 11) is 1.84. The number of carbonyl (C=O) groups excluding carboxylic acids is 3. The highest BCUT2D eigenvalue weighted by Gasteiger charge is 2.45. The van der Waals surface area contributed by atoms with Crippen molar-refractivity contribution in [2.75, 3.05) is 88.1 Å². The predicted molar refractivity (Wildman–Crippen MR) is 264 cm³/mol. The van der Waals surface area contributed by atoms with Crippen LogP contribution in [0.25, 0.3) is 0 Å². The first kappa shape index (κ1) is 53.7. The quantitative estimate of drug-likeness (QED) is 0.0289. The van der Waals surface area contributed by atoms with E-state index in [0.29, 0.717) is 59.8 Å². The Morgan fingerprint density at radius 2 is 1.10 bits per heavy atom. The third-order valence-electron chi connectivity index (χ3n) is 14.0. The molecule has 0 aliphatic carbocycles. The molecule has 15 nitrogen and oxygen atoms in total. The van der Waals surface area contributed by atoms with Gasteiger partial charge >= 0.3 is 18.3 Å². The van der Waals surface area contributed by atoms with Gasteiger partial charge in [-0.05, 0) is 84.6 Å². The average Bonchev–Trinajstić information content (AvgIpc) is 3.81. The number of nitrogens with zero attached hydrogens (tertiary/aromatic N) is 4. The molecule has 0 aromatic heterocycles. The topological polar surface area (TPSA) is 226 Å². The lowest BCUT2D eigenvalue weighted by atomic mass is 9.78. The molecule has 21 heteroatoms. The molecular formula is C52H61F6N10O5+. The summed E-state index contributed by atoms with van der Waals surface area (Å²) < 4.78 is 82.6. The summed E-state index contributed by atoms with van der Waals surface area (Å²) in [4.78, 5) is 59.8. The number of nitrogens with one attached hydrogen (secondary N) is 2. The molecule has 1 saturated heterocycles. The Morgan fingerprint density at radius 3 is 1.47 bits per heavy atom. The maximum atomic E-state index is 14.8. The van der Waals surface area contributed by atoms with E-state index in [1.165, 1.54) is 34.1 Å². The van der Waals surface area contributed by atoms with Crippen LogP contribution in [0.15, 0.2) is 120 Å². The predicted octanol–water partition coefficient (Wildman–Crippen LogP) is 6.95. The van der Waals surface area contributed by atoms with Crippen LogP contribution in [0.2, 0.25) is 0 Å². The SMILES string of the molecule is CC1(C(=O)N(CCCN2CC(Nc3cccc(C(F)(F)F)c3)=C([C@H](N)c3ccc(N)cc3)C2=O)CCCN2CC(Nc3cccc(C(F)(F)F)c3)=C([C@H](N)c3ccc(N)cc3)C2=O)CC[N+](C)(CC(=O)O)CC1. The van der Waals surface area contributed by atoms with Crippen LogP contribution < -0.4 is 33.6 Å². The van der Waals surface area contributed by atoms with Gasteiger partial charge in [0.25, 0.3) is 11.8 Å². The lowest BCUT2D eigenvalue weighted by Crippen LogP contribution is -2.57. The summed E-state index contributed by atoms with van der Waals surface area (Å²) in [5.74, 6) is -2.04. The molecule has 7 rings (SSSR count). The van der Waals surface area contributed by atoms with Crippen molar-refractivity contribution in [3.8, 4) is 0 Å². The lowest BCUT2D eigenvalue weighted by molar-refractivity contribution is -0.909. The molecule has 73 heavy (non-hydrogen) atoms. The third kappa shape index (κ3) is 12.8. The number of amides is 3. The number of aliphatic carboxylic acids is 1. The van der Waals surface area contributed by atoms with Gasteiger partial charge in [0.15, 0.2) is 6.54 Å². The van der Waals surface area contributed by atoms with Gasteiger partial charge in [-0.15, -0.1) is 0 Å². The van der Waals surface area contributed by atoms with Crippen molar-refractivity contribution in [2.24, 2.45) is 16.9 Å². The number of piperidine rings is 1. The Labute approximate surface area is 419 Å². The standard InChI is InChI=1S/C52H60F6N10O5/c1-50(19-25-68(2,26-20-50)31-42(69)70)49(73)65(21-5-23-66-29-40(63-38-9-3-7-34(27-38)51(53,54)55)43(47(66)71)45(61)32-11-15-36(59)16-12-32)22-6-24-67-30-41(64-39-10-4-8-35(28-39)52(56,57)58)44(48(67)72)46(62)33-13-17-37(60)18-14-33/h3-4,7-18,27-28,45-46H,5-6,19-26,29-31,59-62H2,1-2H3,(H2-,63,64,69,70,71,72)/p+1/t45-,46-,50?,68?/m1/s1. The van der Waals surface area contributed by atoms with Gasteiger partial charge in [-0.2, -0.15) is 26.3 Å². The van der Waals surface area contributed by atoms with Gasteiger partial charge in [0, 0.05) is 73.2 Å². The maximum Gasteiger partial charge on any atom is 0.416 e. The van der Waals surface area contributed by atoms with Crippen molar-refractivity contribution in [3.63, 3.8) is 0 Å². The van der Waals surface area contributed by atoms with Gasteiger partial charge in [-0.1, -0.05) is 43.3 Å². The molecule has 1 fully saturated rings. The Kier molecular flexibility index (Phi) is 15.8. The normalized spacial score (nSPS) is 20.4. The molecule has 3 aliphatic rings. The Balaban J connectivity index is 1.10. The molecule has 0 bridgehead atoms. The fraction of sp³-hybridized carbons (Fsp3) is 0.385. The number of likely N-dealkylation sites (tertiary alicyclic amines) is 1. The molecule has 390 valence electrons. The van der Waals surface area contributed by atoms with Crippen LogP contribution in [0.4, 0.5) is 49.1 Å². The summed E-state index contributed by atoms with van der Waals surface area (Å²) in [6.45, 7) is 3.08. The van der Waals surface area contributed by atoms with Crippen molar-refractivity contribution in [3.05, 3.63) is 142 Å². The highest BCUT2D eigenvalue weighted by atomic mass is 19.4. The van der Waals surface area contributed by atoms with Crippen molar-refractivity contribution >= 4 is 46.4 Å². The van der Waals surface area contributed by atoms with Crippen LogP contribution in [0, 0.1) is 5.41 Å². The number of carbonyl (C=O) groups is 4. The largest absolute Gasteiger partial charge is 0.477 e. The second kappa shape index (κ2) is 21.5. The van der Waals surface area contributed by atoms with Crippen molar-refractivity contribution < 1.29 is 55.1 Å². The second-order valence-corrected chi connectivity index (χ2v) is 19.6. The number of halogens is 6. The number of nitrogen functional groups attached to an aromatic ring is 2. The molecule has 3 heterocycles. The average molecular weight is 1020 g/mol. The van der Waals surface area contributed by atoms with Crippen LogP contribution in [0.1, 0.15) is 66.9 Å². The number of anilines is 4. The van der Waals surface area contributed by atoms with E-state index in [1.54, 1.807) is 53.4 Å². The van der Waals surface area contributed by atoms with Gasteiger partial charge in [-0.3, -0.25) is 14.4 Å². The monoisotopic (exact) mass is 1020 g/mol. The van der Waals surface area contributed by atoms with E-state index < -0.39 is 58.8 Å². The van der Waals surface area contributed by atoms with Crippen molar-refractivity contribution in [1.82, 2.24) is 14.7 Å². The summed E-state index contributed by atoms with van der Waals surface area (Å²) >= 11 is 0. The van der Waals surface area contributed by atoms with Crippen LogP contribution in [-0.2, 0) is 31.5 Å². The van der Waals surface area contributed by atoms with Gasteiger partial charge in [0.2, 0.25) is 5.91 Å². The fourth-order valence-corrected chi connectivity index (χ4v) is 9.72. The number of benzene rings is 4. The minimum Gasteiger partial charge on any atom is -0.477 e. The molecule has 2 atom stereocenters. The van der Waals surface area contributed by atoms with E-state index in [4.69, 9.17) is 22.9 Å². The molecule has 4 aromatic rings.